The number of hydrogen-bond acceptors (Lipinski definition) is 3. The lowest BCUT2D eigenvalue weighted by Crippen LogP contribution is -2.02. The molecule has 0 unspecified atom stereocenters. The van der Waals surface area contributed by atoms with Crippen LogP contribution in [0.4, 0.5) is 0 Å². The van der Waals surface area contributed by atoms with Crippen LogP contribution in [0.2, 0.25) is 0 Å². The van der Waals surface area contributed by atoms with Gasteiger partial charge in [-0.1, -0.05) is 0 Å². The van der Waals surface area contributed by atoms with Gasteiger partial charge in [0.1, 0.15) is 6.33 Å². The van der Waals surface area contributed by atoms with E-state index in [4.69, 9.17) is 5.73 Å². The van der Waals surface area contributed by atoms with Crippen molar-refractivity contribution in [3.05, 3.63) is 28.8 Å². The monoisotopic (exact) mass is 226 g/mol. The number of nitrogens with two attached hydrogens (primary N) is 1. The summed E-state index contributed by atoms with van der Waals surface area (Å²) in [5.74, 6) is 0. The molecule has 0 bridgehead atoms. The maximum atomic E-state index is 5.53. The van der Waals surface area contributed by atoms with Crippen molar-refractivity contribution < 1.29 is 0 Å². The lowest BCUT2D eigenvalue weighted by atomic mass is 10.4. The molecule has 0 spiro atoms. The summed E-state index contributed by atoms with van der Waals surface area (Å²) in [5.41, 5.74) is 7.44. The lowest BCUT2D eigenvalue weighted by molar-refractivity contribution is 0.826. The third kappa shape index (κ3) is 1.02. The Kier molecular flexibility index (Phi) is 1.82. The highest BCUT2D eigenvalue weighted by Crippen LogP contribution is 2.20. The minimum atomic E-state index is 0.476. The maximum Gasteiger partial charge on any atom is 0.136 e. The van der Waals surface area contributed by atoms with Crippen LogP contribution >= 0.6 is 15.9 Å². The molecule has 2 aromatic heterocycles. The quantitative estimate of drug-likeness (QED) is 0.788. The first-order valence-corrected chi connectivity index (χ1v) is 4.28. The van der Waals surface area contributed by atoms with Crippen molar-refractivity contribution in [2.45, 2.75) is 6.54 Å². The van der Waals surface area contributed by atoms with Gasteiger partial charge in [0.15, 0.2) is 0 Å². The van der Waals surface area contributed by atoms with E-state index < -0.39 is 0 Å². The lowest BCUT2D eigenvalue weighted by Gasteiger charge is -1.95. The zero-order chi connectivity index (χ0) is 8.55. The summed E-state index contributed by atoms with van der Waals surface area (Å²) in [6, 6.07) is 1.95. The normalized spacial score (nSPS) is 10.8. The highest BCUT2D eigenvalue weighted by Gasteiger charge is 2.05. The zero-order valence-corrected chi connectivity index (χ0v) is 7.82. The predicted molar refractivity (Wildman–Crippen MR) is 48.6 cm³/mol. The fourth-order valence-corrected chi connectivity index (χ4v) is 1.66. The molecule has 0 aliphatic rings. The van der Waals surface area contributed by atoms with Crippen molar-refractivity contribution in [1.82, 2.24) is 14.6 Å². The van der Waals surface area contributed by atoms with Gasteiger partial charge in [-0.15, -0.1) is 0 Å². The molecule has 2 heterocycles. The maximum absolute atomic E-state index is 5.53. The van der Waals surface area contributed by atoms with Gasteiger partial charge < -0.3 is 5.73 Å². The number of rotatable bonds is 1. The zero-order valence-electron chi connectivity index (χ0n) is 6.24. The van der Waals surface area contributed by atoms with E-state index in [0.717, 1.165) is 15.7 Å². The Morgan fingerprint density at radius 2 is 2.42 bits per heavy atom. The molecule has 2 aromatic rings. The van der Waals surface area contributed by atoms with Gasteiger partial charge in [-0.3, -0.25) is 0 Å². The first-order valence-electron chi connectivity index (χ1n) is 3.49. The predicted octanol–water partition coefficient (Wildman–Crippen LogP) is 0.950. The fraction of sp³-hybridized carbons (Fsp3) is 0.143. The number of hydrogen-bond donors (Lipinski definition) is 1. The first kappa shape index (κ1) is 7.70. The second-order valence-electron chi connectivity index (χ2n) is 2.39. The van der Waals surface area contributed by atoms with E-state index in [-0.39, 0.29) is 0 Å². The molecule has 12 heavy (non-hydrogen) atoms. The Balaban J connectivity index is 2.82. The van der Waals surface area contributed by atoms with Gasteiger partial charge in [-0.2, -0.15) is 5.10 Å². The van der Waals surface area contributed by atoms with E-state index in [1.54, 1.807) is 10.7 Å². The summed E-state index contributed by atoms with van der Waals surface area (Å²) in [6.07, 6.45) is 3.24. The van der Waals surface area contributed by atoms with E-state index in [2.05, 4.69) is 26.0 Å². The topological polar surface area (TPSA) is 56.2 Å². The minimum Gasteiger partial charge on any atom is -0.325 e. The summed E-state index contributed by atoms with van der Waals surface area (Å²) < 4.78 is 2.75. The van der Waals surface area contributed by atoms with E-state index in [1.807, 2.05) is 6.07 Å². The van der Waals surface area contributed by atoms with Gasteiger partial charge in [-0.25, -0.2) is 9.50 Å². The van der Waals surface area contributed by atoms with Crippen molar-refractivity contribution in [2.75, 3.05) is 0 Å². The Bertz CT molecular complexity index is 409. The van der Waals surface area contributed by atoms with Crippen LogP contribution in [-0.4, -0.2) is 14.6 Å². The van der Waals surface area contributed by atoms with Crippen LogP contribution in [0.3, 0.4) is 0 Å². The third-order valence-electron chi connectivity index (χ3n) is 1.68. The van der Waals surface area contributed by atoms with Crippen LogP contribution in [0.15, 0.2) is 23.1 Å². The van der Waals surface area contributed by atoms with Crippen LogP contribution in [0, 0.1) is 0 Å². The number of aromatic nitrogens is 3. The van der Waals surface area contributed by atoms with Crippen molar-refractivity contribution in [3.8, 4) is 0 Å². The molecule has 2 rings (SSSR count). The van der Waals surface area contributed by atoms with Gasteiger partial charge in [0.2, 0.25) is 0 Å². The van der Waals surface area contributed by atoms with Gasteiger partial charge in [0.25, 0.3) is 0 Å². The standard InChI is InChI=1S/C7H7BrN4/c8-6-1-5(2-9)12-7(6)3-10-4-11-12/h1,3-4H,2,9H2. The minimum absolute atomic E-state index is 0.476. The SMILES string of the molecule is NCc1cc(Br)c2cncnn12. The molecule has 62 valence electrons. The number of nitrogens with zero attached hydrogens (tertiary/aromatic N) is 3. The summed E-state index contributed by atoms with van der Waals surface area (Å²) >= 11 is 3.40. The number of fused-ring (bicyclic) bond motifs is 1. The second-order valence-corrected chi connectivity index (χ2v) is 3.25. The van der Waals surface area contributed by atoms with Crippen molar-refractivity contribution in [1.29, 1.82) is 0 Å². The molecular formula is C7H7BrN4. The molecule has 0 aliphatic heterocycles. The Morgan fingerprint density at radius 1 is 1.58 bits per heavy atom. The highest BCUT2D eigenvalue weighted by molar-refractivity contribution is 9.10. The van der Waals surface area contributed by atoms with Crippen LogP contribution < -0.4 is 5.73 Å². The molecule has 0 aromatic carbocycles. The third-order valence-corrected chi connectivity index (χ3v) is 2.31. The van der Waals surface area contributed by atoms with Crippen LogP contribution in [0.5, 0.6) is 0 Å². The summed E-state index contributed by atoms with van der Waals surface area (Å²) in [5, 5.41) is 4.07. The Morgan fingerprint density at radius 3 is 3.17 bits per heavy atom. The molecule has 0 amide bonds. The molecule has 0 saturated carbocycles. The van der Waals surface area contributed by atoms with Crippen molar-refractivity contribution in [3.63, 3.8) is 0 Å². The van der Waals surface area contributed by atoms with Crippen molar-refractivity contribution in [2.24, 2.45) is 5.73 Å². The highest BCUT2D eigenvalue weighted by atomic mass is 79.9. The first-order chi connectivity index (χ1) is 5.83. The fourth-order valence-electron chi connectivity index (χ4n) is 1.12. The largest absolute Gasteiger partial charge is 0.325 e. The average molecular weight is 227 g/mol. The molecule has 4 nitrogen and oxygen atoms in total. The molecule has 0 fully saturated rings. The van der Waals surface area contributed by atoms with Crippen LogP contribution in [-0.2, 0) is 6.54 Å². The van der Waals surface area contributed by atoms with E-state index in [1.165, 1.54) is 6.33 Å². The molecule has 0 atom stereocenters. The molecular weight excluding hydrogens is 220 g/mol. The Labute approximate surface area is 77.5 Å². The number of halogens is 1. The smallest absolute Gasteiger partial charge is 0.136 e. The molecule has 5 heteroatoms. The van der Waals surface area contributed by atoms with E-state index >= 15 is 0 Å². The van der Waals surface area contributed by atoms with E-state index in [0.29, 0.717) is 6.54 Å². The Hall–Kier alpha value is -0.940. The van der Waals surface area contributed by atoms with Gasteiger partial charge in [0, 0.05) is 11.0 Å². The van der Waals surface area contributed by atoms with Gasteiger partial charge >= 0.3 is 0 Å². The molecule has 0 aliphatic carbocycles. The molecule has 2 N–H and O–H groups in total. The van der Waals surface area contributed by atoms with Gasteiger partial charge in [0.05, 0.1) is 17.4 Å². The molecule has 0 saturated heterocycles. The summed E-state index contributed by atoms with van der Waals surface area (Å²) in [7, 11) is 0. The van der Waals surface area contributed by atoms with Crippen molar-refractivity contribution >= 4 is 21.4 Å². The van der Waals surface area contributed by atoms with E-state index in [9.17, 15) is 0 Å². The average Bonchev–Trinajstić information content (AvgIpc) is 2.44. The molecule has 0 radical (unpaired) electrons. The van der Waals surface area contributed by atoms with Crippen LogP contribution in [0.1, 0.15) is 5.69 Å². The second kappa shape index (κ2) is 2.84. The van der Waals surface area contributed by atoms with Gasteiger partial charge in [-0.05, 0) is 22.0 Å². The summed E-state index contributed by atoms with van der Waals surface area (Å²) in [6.45, 7) is 0.476. The van der Waals surface area contributed by atoms with Crippen LogP contribution in [0.25, 0.3) is 5.52 Å². The summed E-state index contributed by atoms with van der Waals surface area (Å²) in [4.78, 5) is 3.92.